The molecule has 0 unspecified atom stereocenters. The Morgan fingerprint density at radius 3 is 2.56 bits per heavy atom. The number of nitrogens with zero attached hydrogens (tertiary/aromatic N) is 2. The predicted molar refractivity (Wildman–Crippen MR) is 90.0 cm³/mol. The third-order valence-electron chi connectivity index (χ3n) is 2.72. The van der Waals surface area contributed by atoms with Crippen LogP contribution in [0.3, 0.4) is 0 Å². The van der Waals surface area contributed by atoms with Crippen LogP contribution in [0, 0.1) is 5.82 Å². The standard InChI is InChI=1S/C16H13F4N3OS/c17-13-6-12(7-14(8-13)24-16(18,19)20)9-22-23-15(21)25-10-11-4-2-1-3-5-11/h1-9H,10H2,(H2,21,23). The van der Waals surface area contributed by atoms with Crippen molar-refractivity contribution < 1.29 is 22.3 Å². The number of nitrogens with two attached hydrogens (primary N) is 1. The third kappa shape index (κ3) is 7.25. The molecule has 0 aliphatic heterocycles. The summed E-state index contributed by atoms with van der Waals surface area (Å²) in [5, 5.41) is 7.53. The number of benzene rings is 2. The lowest BCUT2D eigenvalue weighted by Crippen LogP contribution is -2.17. The number of ether oxygens (including phenoxy) is 1. The molecule has 9 heteroatoms. The molecule has 2 aromatic rings. The smallest absolute Gasteiger partial charge is 0.406 e. The lowest BCUT2D eigenvalue weighted by Gasteiger charge is -2.09. The van der Waals surface area contributed by atoms with Crippen LogP contribution in [0.5, 0.6) is 5.75 Å². The molecule has 132 valence electrons. The van der Waals surface area contributed by atoms with Crippen LogP contribution in [-0.4, -0.2) is 17.7 Å². The molecule has 0 heterocycles. The first kappa shape index (κ1) is 18.8. The van der Waals surface area contributed by atoms with E-state index in [2.05, 4.69) is 14.9 Å². The van der Waals surface area contributed by atoms with Crippen LogP contribution in [0.4, 0.5) is 17.6 Å². The van der Waals surface area contributed by atoms with Gasteiger partial charge in [-0.2, -0.15) is 5.10 Å². The number of halogens is 4. The summed E-state index contributed by atoms with van der Waals surface area (Å²) >= 11 is 1.25. The van der Waals surface area contributed by atoms with Crippen molar-refractivity contribution in [3.63, 3.8) is 0 Å². The highest BCUT2D eigenvalue weighted by molar-refractivity contribution is 8.13. The summed E-state index contributed by atoms with van der Waals surface area (Å²) < 4.78 is 53.5. The molecule has 2 aromatic carbocycles. The first-order valence-electron chi connectivity index (χ1n) is 6.91. The average Bonchev–Trinajstić information content (AvgIpc) is 2.52. The van der Waals surface area contributed by atoms with Crippen molar-refractivity contribution in [1.29, 1.82) is 0 Å². The van der Waals surface area contributed by atoms with E-state index < -0.39 is 17.9 Å². The summed E-state index contributed by atoms with van der Waals surface area (Å²) in [6.07, 6.45) is -3.82. The first-order valence-corrected chi connectivity index (χ1v) is 7.90. The molecule has 0 amide bonds. The Balaban J connectivity index is 1.98. The second-order valence-corrected chi connectivity index (χ2v) is 5.72. The van der Waals surface area contributed by atoms with E-state index in [4.69, 9.17) is 5.73 Å². The van der Waals surface area contributed by atoms with Crippen LogP contribution in [-0.2, 0) is 5.75 Å². The molecule has 0 spiro atoms. The molecule has 0 bridgehead atoms. The van der Waals surface area contributed by atoms with Gasteiger partial charge in [0.25, 0.3) is 0 Å². The monoisotopic (exact) mass is 371 g/mol. The summed E-state index contributed by atoms with van der Waals surface area (Å²) in [6, 6.07) is 12.1. The summed E-state index contributed by atoms with van der Waals surface area (Å²) in [5.74, 6) is -0.974. The van der Waals surface area contributed by atoms with Crippen molar-refractivity contribution in [3.8, 4) is 5.75 Å². The van der Waals surface area contributed by atoms with Gasteiger partial charge in [0.15, 0.2) is 5.17 Å². The lowest BCUT2D eigenvalue weighted by molar-refractivity contribution is -0.274. The number of hydrogen-bond donors (Lipinski definition) is 1. The van der Waals surface area contributed by atoms with Gasteiger partial charge in [-0.05, 0) is 17.7 Å². The predicted octanol–water partition coefficient (Wildman–Crippen LogP) is 4.31. The second-order valence-electron chi connectivity index (χ2n) is 4.73. The fourth-order valence-corrected chi connectivity index (χ4v) is 2.38. The number of rotatable bonds is 5. The fraction of sp³-hybridized carbons (Fsp3) is 0.125. The molecule has 25 heavy (non-hydrogen) atoms. The zero-order valence-electron chi connectivity index (χ0n) is 12.7. The van der Waals surface area contributed by atoms with E-state index in [-0.39, 0.29) is 10.7 Å². The van der Waals surface area contributed by atoms with Gasteiger partial charge < -0.3 is 10.5 Å². The van der Waals surface area contributed by atoms with Crippen molar-refractivity contribution in [2.24, 2.45) is 15.9 Å². The van der Waals surface area contributed by atoms with E-state index in [1.54, 1.807) is 0 Å². The molecule has 0 saturated carbocycles. The van der Waals surface area contributed by atoms with Crippen molar-refractivity contribution in [3.05, 3.63) is 65.5 Å². The van der Waals surface area contributed by atoms with Gasteiger partial charge in [-0.3, -0.25) is 0 Å². The number of alkyl halides is 3. The molecule has 0 radical (unpaired) electrons. The molecular formula is C16H13F4N3OS. The first-order chi connectivity index (χ1) is 11.8. The highest BCUT2D eigenvalue weighted by atomic mass is 32.2. The van der Waals surface area contributed by atoms with Crippen LogP contribution in [0.1, 0.15) is 11.1 Å². The number of thioether (sulfide) groups is 1. The Bertz CT molecular complexity index is 764. The molecule has 0 saturated heterocycles. The van der Waals surface area contributed by atoms with Crippen LogP contribution in [0.2, 0.25) is 0 Å². The average molecular weight is 371 g/mol. The molecule has 0 aromatic heterocycles. The van der Waals surface area contributed by atoms with E-state index in [1.165, 1.54) is 11.8 Å². The van der Waals surface area contributed by atoms with E-state index in [1.807, 2.05) is 30.3 Å². The van der Waals surface area contributed by atoms with Gasteiger partial charge in [0, 0.05) is 17.4 Å². The summed E-state index contributed by atoms with van der Waals surface area (Å²) in [6.45, 7) is 0. The molecule has 0 fully saturated rings. The van der Waals surface area contributed by atoms with E-state index in [0.717, 1.165) is 23.9 Å². The molecule has 4 nitrogen and oxygen atoms in total. The van der Waals surface area contributed by atoms with Gasteiger partial charge in [0.05, 0.1) is 6.21 Å². The van der Waals surface area contributed by atoms with Crippen molar-refractivity contribution in [2.75, 3.05) is 0 Å². The fourth-order valence-electron chi connectivity index (χ4n) is 1.76. The molecular weight excluding hydrogens is 358 g/mol. The van der Waals surface area contributed by atoms with Gasteiger partial charge in [-0.1, -0.05) is 42.1 Å². The van der Waals surface area contributed by atoms with Crippen molar-refractivity contribution >= 4 is 23.1 Å². The molecule has 2 N–H and O–H groups in total. The quantitative estimate of drug-likeness (QED) is 0.369. The maximum atomic E-state index is 13.3. The van der Waals surface area contributed by atoms with Gasteiger partial charge >= 0.3 is 6.36 Å². The van der Waals surface area contributed by atoms with Crippen LogP contribution in [0.15, 0.2) is 58.7 Å². The zero-order valence-corrected chi connectivity index (χ0v) is 13.5. The minimum absolute atomic E-state index is 0.0591. The van der Waals surface area contributed by atoms with Gasteiger partial charge in [0.2, 0.25) is 0 Å². The highest BCUT2D eigenvalue weighted by Crippen LogP contribution is 2.24. The molecule has 0 aliphatic carbocycles. The Kier molecular flexibility index (Phi) is 6.40. The van der Waals surface area contributed by atoms with Crippen LogP contribution < -0.4 is 10.5 Å². The highest BCUT2D eigenvalue weighted by Gasteiger charge is 2.31. The van der Waals surface area contributed by atoms with Crippen molar-refractivity contribution in [2.45, 2.75) is 12.1 Å². The maximum absolute atomic E-state index is 13.3. The summed E-state index contributed by atoms with van der Waals surface area (Å²) in [4.78, 5) is 0. The summed E-state index contributed by atoms with van der Waals surface area (Å²) in [5.41, 5.74) is 6.79. The SMILES string of the molecule is NC(=NN=Cc1cc(F)cc(OC(F)(F)F)c1)SCc1ccccc1. The van der Waals surface area contributed by atoms with Crippen molar-refractivity contribution in [1.82, 2.24) is 0 Å². The Morgan fingerprint density at radius 2 is 1.88 bits per heavy atom. The Morgan fingerprint density at radius 1 is 1.16 bits per heavy atom. The van der Waals surface area contributed by atoms with E-state index in [0.29, 0.717) is 11.8 Å². The van der Waals surface area contributed by atoms with E-state index in [9.17, 15) is 17.6 Å². The maximum Gasteiger partial charge on any atom is 0.573 e. The van der Waals surface area contributed by atoms with Crippen LogP contribution >= 0.6 is 11.8 Å². The minimum atomic E-state index is -4.90. The van der Waals surface area contributed by atoms with Crippen LogP contribution in [0.25, 0.3) is 0 Å². The normalized spacial score (nSPS) is 12.6. The Hall–Kier alpha value is -2.55. The second kappa shape index (κ2) is 8.52. The van der Waals surface area contributed by atoms with Gasteiger partial charge in [-0.25, -0.2) is 4.39 Å². The number of amidine groups is 1. The molecule has 0 atom stereocenters. The summed E-state index contributed by atoms with van der Waals surface area (Å²) in [7, 11) is 0. The minimum Gasteiger partial charge on any atom is -0.406 e. The third-order valence-corrected chi connectivity index (χ3v) is 3.57. The lowest BCUT2D eigenvalue weighted by atomic mass is 10.2. The largest absolute Gasteiger partial charge is 0.573 e. The van der Waals surface area contributed by atoms with E-state index >= 15 is 0 Å². The topological polar surface area (TPSA) is 60.0 Å². The zero-order chi connectivity index (χ0) is 18.3. The van der Waals surface area contributed by atoms with Gasteiger partial charge in [0.1, 0.15) is 11.6 Å². The van der Waals surface area contributed by atoms with Gasteiger partial charge in [-0.15, -0.1) is 18.3 Å². The molecule has 0 aliphatic rings. The Labute approximate surface area is 145 Å². The molecule has 2 rings (SSSR count). The number of hydrogen-bond acceptors (Lipinski definition) is 4.